The van der Waals surface area contributed by atoms with Crippen LogP contribution in [-0.4, -0.2) is 20.4 Å². The van der Waals surface area contributed by atoms with E-state index in [0.717, 1.165) is 82.2 Å². The molecule has 0 unspecified atom stereocenters. The van der Waals surface area contributed by atoms with E-state index in [4.69, 9.17) is 6.42 Å². The third kappa shape index (κ3) is 6.82. The molecule has 42 heavy (non-hydrogen) atoms. The van der Waals surface area contributed by atoms with Crippen LogP contribution in [0, 0.1) is 26.2 Å². The summed E-state index contributed by atoms with van der Waals surface area (Å²) in [6, 6.07) is 9.69. The smallest absolute Gasteiger partial charge is 0.122 e. The molecule has 2 aliphatic rings. The second-order valence-electron chi connectivity index (χ2n) is 11.9. The van der Waals surface area contributed by atoms with Crippen LogP contribution in [0.5, 0.6) is 11.5 Å². The second kappa shape index (κ2) is 13.0. The third-order valence-corrected chi connectivity index (χ3v) is 9.03. The van der Waals surface area contributed by atoms with Gasteiger partial charge in [-0.1, -0.05) is 61.1 Å². The van der Waals surface area contributed by atoms with Crippen molar-refractivity contribution in [2.24, 2.45) is 0 Å². The minimum Gasteiger partial charge on any atom is -0.512 e. The van der Waals surface area contributed by atoms with Crippen molar-refractivity contribution >= 4 is 12.6 Å². The van der Waals surface area contributed by atoms with Crippen molar-refractivity contribution in [3.63, 3.8) is 0 Å². The van der Waals surface area contributed by atoms with Gasteiger partial charge in [0.25, 0.3) is 0 Å². The fourth-order valence-electron chi connectivity index (χ4n) is 6.30. The fraction of sp³-hybridized carbons (Fsp3) is 0.351. The number of aromatic hydroxyl groups is 2. The van der Waals surface area contributed by atoms with Crippen LogP contribution in [0.4, 0.5) is 0 Å². The number of benzene rings is 2. The predicted molar refractivity (Wildman–Crippen MR) is 175 cm³/mol. The number of phenolic OH excluding ortho intramolecular Hbond substituents is 2. The Morgan fingerprint density at radius 3 is 2.36 bits per heavy atom. The lowest BCUT2D eigenvalue weighted by Gasteiger charge is -2.39. The molecule has 2 aliphatic carbocycles. The van der Waals surface area contributed by atoms with Crippen molar-refractivity contribution in [2.45, 2.75) is 84.5 Å². The van der Waals surface area contributed by atoms with E-state index in [0.29, 0.717) is 24.2 Å². The first-order valence-electron chi connectivity index (χ1n) is 14.6. The van der Waals surface area contributed by atoms with Gasteiger partial charge in [0.05, 0.1) is 5.76 Å². The number of aliphatic hydroxyl groups is 2. The lowest BCUT2D eigenvalue weighted by molar-refractivity contribution is 0.345. The van der Waals surface area contributed by atoms with Crippen molar-refractivity contribution in [1.29, 1.82) is 0 Å². The number of rotatable bonds is 7. The van der Waals surface area contributed by atoms with Gasteiger partial charge in [-0.2, -0.15) is 0 Å². The van der Waals surface area contributed by atoms with Crippen molar-refractivity contribution in [2.75, 3.05) is 0 Å². The van der Waals surface area contributed by atoms with Crippen molar-refractivity contribution in [1.82, 2.24) is 0 Å². The monoisotopic (exact) mass is 582 g/mol. The van der Waals surface area contributed by atoms with Crippen LogP contribution in [0.3, 0.4) is 0 Å². The van der Waals surface area contributed by atoms with Gasteiger partial charge >= 0.3 is 0 Å². The number of terminal acetylenes is 1. The van der Waals surface area contributed by atoms with Crippen LogP contribution in [0.15, 0.2) is 87.3 Å². The summed E-state index contributed by atoms with van der Waals surface area (Å²) in [5.41, 5.74) is 7.56. The van der Waals surface area contributed by atoms with Gasteiger partial charge in [-0.15, -0.1) is 19.1 Å². The summed E-state index contributed by atoms with van der Waals surface area (Å²) in [5.74, 6) is 3.97. The van der Waals surface area contributed by atoms with Crippen LogP contribution in [0.2, 0.25) is 0 Å². The van der Waals surface area contributed by atoms with E-state index in [1.54, 1.807) is 13.0 Å². The standard InChI is InChI=1S/C37H42O4S/c1-6-31(21-29(26(5)38)19-28-14-23(2)15-34(40)35(42)20-28)37(12-8-7-9-13-37)32-17-25(4)36(41)30(22-32)18-27-10-11-33(39)24(3)16-27/h1,10-11,14,16-17,20-22,38-42H,7-9,12-13,15,18-19H2,2-5H3/b29-26+,31-21+. The first-order valence-corrected chi connectivity index (χ1v) is 15.1. The van der Waals surface area contributed by atoms with Crippen LogP contribution >= 0.6 is 12.6 Å². The summed E-state index contributed by atoms with van der Waals surface area (Å²) in [6.07, 6.45) is 18.5. The molecule has 0 aliphatic heterocycles. The molecule has 0 saturated heterocycles. The Kier molecular flexibility index (Phi) is 9.69. The quantitative estimate of drug-likeness (QED) is 0.0975. The number of phenols is 2. The fourth-order valence-corrected chi connectivity index (χ4v) is 6.55. The van der Waals surface area contributed by atoms with E-state index in [9.17, 15) is 20.4 Å². The van der Waals surface area contributed by atoms with Crippen LogP contribution in [0.25, 0.3) is 0 Å². The Balaban J connectivity index is 1.80. The maximum Gasteiger partial charge on any atom is 0.122 e. The molecule has 0 radical (unpaired) electrons. The average molecular weight is 583 g/mol. The molecule has 4 rings (SSSR count). The average Bonchev–Trinajstić information content (AvgIpc) is 3.07. The van der Waals surface area contributed by atoms with Crippen molar-refractivity contribution in [3.8, 4) is 23.8 Å². The van der Waals surface area contributed by atoms with Crippen molar-refractivity contribution < 1.29 is 20.4 Å². The SMILES string of the molecule is C#C/C(=C\C(CC1=CC(S)=C(O)CC(C)=C1)=C(/C)O)C1(c2cc(C)c(O)c(Cc3ccc(O)c(C)c3)c2)CCCCC1. The Labute approximate surface area is 255 Å². The van der Waals surface area contributed by atoms with E-state index in [-0.39, 0.29) is 23.0 Å². The van der Waals surface area contributed by atoms with E-state index < -0.39 is 5.41 Å². The summed E-state index contributed by atoms with van der Waals surface area (Å²) >= 11 is 4.47. The van der Waals surface area contributed by atoms with E-state index in [2.05, 4.69) is 30.7 Å². The van der Waals surface area contributed by atoms with Crippen LogP contribution in [0.1, 0.15) is 86.6 Å². The van der Waals surface area contributed by atoms with Gasteiger partial charge in [-0.3, -0.25) is 0 Å². The number of aliphatic hydroxyl groups excluding tert-OH is 2. The van der Waals surface area contributed by atoms with Crippen LogP contribution in [-0.2, 0) is 11.8 Å². The second-order valence-corrected chi connectivity index (χ2v) is 12.4. The Morgan fingerprint density at radius 2 is 1.71 bits per heavy atom. The molecule has 0 aromatic heterocycles. The van der Waals surface area contributed by atoms with E-state index in [1.165, 1.54) is 0 Å². The molecular weight excluding hydrogens is 540 g/mol. The lowest BCUT2D eigenvalue weighted by Crippen LogP contribution is -2.31. The highest BCUT2D eigenvalue weighted by atomic mass is 32.1. The molecule has 1 saturated carbocycles. The molecular formula is C37H42O4S. The number of allylic oxidation sites excluding steroid dienone is 8. The molecule has 5 heteroatoms. The largest absolute Gasteiger partial charge is 0.512 e. The highest BCUT2D eigenvalue weighted by Gasteiger charge is 2.38. The van der Waals surface area contributed by atoms with Gasteiger partial charge in [-0.05, 0) is 97.7 Å². The van der Waals surface area contributed by atoms with Crippen LogP contribution < -0.4 is 0 Å². The maximum absolute atomic E-state index is 11.1. The normalized spacial score (nSPS) is 18.0. The Hall–Kier alpha value is -3.75. The molecule has 4 N–H and O–H groups in total. The molecule has 2 aromatic rings. The molecule has 0 amide bonds. The van der Waals surface area contributed by atoms with Gasteiger partial charge in [0.15, 0.2) is 0 Å². The van der Waals surface area contributed by atoms with Gasteiger partial charge in [0.2, 0.25) is 0 Å². The van der Waals surface area contributed by atoms with Crippen molar-refractivity contribution in [3.05, 3.63) is 115 Å². The number of hydrogen-bond acceptors (Lipinski definition) is 5. The Bertz CT molecular complexity index is 1570. The number of hydrogen-bond donors (Lipinski definition) is 5. The van der Waals surface area contributed by atoms with Gasteiger partial charge in [-0.25, -0.2) is 0 Å². The minimum absolute atomic E-state index is 0.198. The molecule has 1 fully saturated rings. The molecule has 0 atom stereocenters. The molecule has 0 heterocycles. The molecule has 4 nitrogen and oxygen atoms in total. The predicted octanol–water partition coefficient (Wildman–Crippen LogP) is 9.26. The zero-order valence-electron chi connectivity index (χ0n) is 25.1. The van der Waals surface area contributed by atoms with Gasteiger partial charge < -0.3 is 20.4 Å². The first kappa shape index (κ1) is 31.2. The Morgan fingerprint density at radius 1 is 1.00 bits per heavy atom. The number of thiol groups is 1. The summed E-state index contributed by atoms with van der Waals surface area (Å²) in [6.45, 7) is 7.44. The number of aryl methyl sites for hydroxylation is 2. The minimum atomic E-state index is -0.428. The first-order chi connectivity index (χ1) is 19.9. The zero-order chi connectivity index (χ0) is 30.6. The molecule has 0 bridgehead atoms. The maximum atomic E-state index is 11.1. The lowest BCUT2D eigenvalue weighted by atomic mass is 9.64. The van der Waals surface area contributed by atoms with Gasteiger partial charge in [0, 0.05) is 35.2 Å². The van der Waals surface area contributed by atoms with E-state index >= 15 is 0 Å². The molecule has 220 valence electrons. The summed E-state index contributed by atoms with van der Waals surface area (Å²) in [5, 5.41) is 42.2. The zero-order valence-corrected chi connectivity index (χ0v) is 26.0. The summed E-state index contributed by atoms with van der Waals surface area (Å²) in [4.78, 5) is 0.522. The third-order valence-electron chi connectivity index (χ3n) is 8.64. The summed E-state index contributed by atoms with van der Waals surface area (Å²) in [7, 11) is 0. The topological polar surface area (TPSA) is 80.9 Å². The van der Waals surface area contributed by atoms with Gasteiger partial charge in [0.1, 0.15) is 17.3 Å². The highest BCUT2D eigenvalue weighted by molar-refractivity contribution is 7.84. The molecule has 0 spiro atoms. The summed E-state index contributed by atoms with van der Waals surface area (Å²) < 4.78 is 0. The highest BCUT2D eigenvalue weighted by Crippen LogP contribution is 2.47. The molecule has 2 aromatic carbocycles. The van der Waals surface area contributed by atoms with E-state index in [1.807, 2.05) is 51.1 Å².